The molecule has 2 nitrogen and oxygen atoms in total. The Kier molecular flexibility index (Phi) is 4.07. The van der Waals surface area contributed by atoms with Crippen LogP contribution < -0.4 is 0 Å². The van der Waals surface area contributed by atoms with Crippen molar-refractivity contribution < 1.29 is 42.6 Å². The molecular formula is C7H3F3O2Zn. The Labute approximate surface area is 84.1 Å². The van der Waals surface area contributed by atoms with Gasteiger partial charge in [-0.15, -0.1) is 0 Å². The van der Waals surface area contributed by atoms with Gasteiger partial charge in [-0.3, -0.25) is 0 Å². The van der Waals surface area contributed by atoms with Gasteiger partial charge in [-0.25, -0.2) is 18.0 Å². The Bertz CT molecular complexity index is 318. The molecule has 0 radical (unpaired) electrons. The molecule has 1 rings (SSSR count). The molecule has 0 amide bonds. The smallest absolute Gasteiger partial charge is 0.341 e. The average Bonchev–Trinajstić information content (AvgIpc) is 1.82. The molecule has 0 fully saturated rings. The summed E-state index contributed by atoms with van der Waals surface area (Å²) in [5, 5.41) is 8.23. The monoisotopic (exact) mass is 240 g/mol. The molecule has 0 bridgehead atoms. The van der Waals surface area contributed by atoms with Crippen molar-refractivity contribution in [2.24, 2.45) is 0 Å². The maximum Gasteiger partial charge on any atom is 0.341 e. The van der Waals surface area contributed by atoms with Crippen molar-refractivity contribution in [2.45, 2.75) is 0 Å². The van der Waals surface area contributed by atoms with Gasteiger partial charge >= 0.3 is 5.97 Å². The van der Waals surface area contributed by atoms with Gasteiger partial charge < -0.3 is 5.11 Å². The summed E-state index contributed by atoms with van der Waals surface area (Å²) in [5.41, 5.74) is -1.14. The number of hydrogen-bond acceptors (Lipinski definition) is 1. The Morgan fingerprint density at radius 2 is 1.54 bits per heavy atom. The van der Waals surface area contributed by atoms with Crippen molar-refractivity contribution in [3.05, 3.63) is 35.1 Å². The second-order valence-corrected chi connectivity index (χ2v) is 2.05. The van der Waals surface area contributed by atoms with Crippen molar-refractivity contribution in [1.29, 1.82) is 0 Å². The second-order valence-electron chi connectivity index (χ2n) is 2.05. The van der Waals surface area contributed by atoms with Gasteiger partial charge in [0.2, 0.25) is 0 Å². The third kappa shape index (κ3) is 2.52. The minimum atomic E-state index is -1.76. The summed E-state index contributed by atoms with van der Waals surface area (Å²) >= 11 is 0. The number of carbonyl (C=O) groups is 1. The van der Waals surface area contributed by atoms with Crippen LogP contribution in [0.4, 0.5) is 13.2 Å². The van der Waals surface area contributed by atoms with E-state index in [2.05, 4.69) is 0 Å². The third-order valence-corrected chi connectivity index (χ3v) is 1.22. The van der Waals surface area contributed by atoms with E-state index < -0.39 is 29.0 Å². The van der Waals surface area contributed by atoms with Crippen molar-refractivity contribution in [1.82, 2.24) is 0 Å². The summed E-state index contributed by atoms with van der Waals surface area (Å²) in [7, 11) is 0. The molecule has 0 aromatic heterocycles. The summed E-state index contributed by atoms with van der Waals surface area (Å²) in [6.45, 7) is 0. The van der Waals surface area contributed by atoms with Crippen LogP contribution >= 0.6 is 0 Å². The molecule has 0 heterocycles. The third-order valence-electron chi connectivity index (χ3n) is 1.22. The van der Waals surface area contributed by atoms with Crippen LogP contribution in [0.3, 0.4) is 0 Å². The van der Waals surface area contributed by atoms with Crippen LogP contribution in [0.1, 0.15) is 10.4 Å². The Hall–Kier alpha value is -0.897. The van der Waals surface area contributed by atoms with Crippen molar-refractivity contribution in [3.63, 3.8) is 0 Å². The van der Waals surface area contributed by atoms with Gasteiger partial charge in [-0.05, 0) is 0 Å². The zero-order valence-electron chi connectivity index (χ0n) is 6.35. The normalized spacial score (nSPS) is 9.15. The SMILES string of the molecule is O=C(O)c1c(F)cc(F)cc1F.[Zn]. The Morgan fingerprint density at radius 3 is 1.85 bits per heavy atom. The molecule has 0 unspecified atom stereocenters. The first-order valence-electron chi connectivity index (χ1n) is 2.90. The van der Waals surface area contributed by atoms with E-state index >= 15 is 0 Å². The zero-order chi connectivity index (χ0) is 9.30. The van der Waals surface area contributed by atoms with Gasteiger partial charge in [0, 0.05) is 31.6 Å². The zero-order valence-corrected chi connectivity index (χ0v) is 9.32. The Morgan fingerprint density at radius 1 is 1.15 bits per heavy atom. The van der Waals surface area contributed by atoms with Crippen molar-refractivity contribution >= 4 is 5.97 Å². The fourth-order valence-corrected chi connectivity index (χ4v) is 0.747. The minimum Gasteiger partial charge on any atom is -0.477 e. The number of halogens is 3. The maximum absolute atomic E-state index is 12.5. The van der Waals surface area contributed by atoms with E-state index in [0.717, 1.165) is 0 Å². The number of hydrogen-bond donors (Lipinski definition) is 1. The van der Waals surface area contributed by atoms with E-state index in [0.29, 0.717) is 12.1 Å². The number of benzene rings is 1. The number of aromatic carboxylic acids is 1. The number of rotatable bonds is 1. The number of carboxylic acid groups (broad SMARTS) is 1. The van der Waals surface area contributed by atoms with Gasteiger partial charge in [0.25, 0.3) is 0 Å². The van der Waals surface area contributed by atoms with Crippen molar-refractivity contribution in [2.75, 3.05) is 0 Å². The molecule has 0 spiro atoms. The average molecular weight is 241 g/mol. The standard InChI is InChI=1S/C7H3F3O2.Zn/c8-3-1-4(9)6(7(11)12)5(10)2-3;/h1-2H,(H,11,12);. The van der Waals surface area contributed by atoms with Gasteiger partial charge in [0.15, 0.2) is 0 Å². The first kappa shape index (κ1) is 12.1. The maximum atomic E-state index is 12.5. The van der Waals surface area contributed by atoms with E-state index in [4.69, 9.17) is 5.11 Å². The van der Waals surface area contributed by atoms with Gasteiger partial charge in [-0.2, -0.15) is 0 Å². The van der Waals surface area contributed by atoms with Crippen LogP contribution in [0.25, 0.3) is 0 Å². The Balaban J connectivity index is 0.00000144. The summed E-state index contributed by atoms with van der Waals surface area (Å²) in [6, 6.07) is 0.624. The molecule has 1 aromatic carbocycles. The molecule has 1 aromatic rings. The topological polar surface area (TPSA) is 37.3 Å². The molecule has 0 aliphatic carbocycles. The van der Waals surface area contributed by atoms with Crippen molar-refractivity contribution in [3.8, 4) is 0 Å². The van der Waals surface area contributed by atoms with E-state index in [9.17, 15) is 18.0 Å². The summed E-state index contributed by atoms with van der Waals surface area (Å²) in [6.07, 6.45) is 0. The van der Waals surface area contributed by atoms with Gasteiger partial charge in [-0.1, -0.05) is 0 Å². The largest absolute Gasteiger partial charge is 0.477 e. The molecule has 0 aliphatic rings. The first-order chi connectivity index (χ1) is 5.52. The van der Waals surface area contributed by atoms with Crippen LogP contribution in [-0.2, 0) is 19.5 Å². The molecule has 0 atom stereocenters. The number of carboxylic acids is 1. The van der Waals surface area contributed by atoms with E-state index in [-0.39, 0.29) is 19.5 Å². The molecule has 1 N–H and O–H groups in total. The van der Waals surface area contributed by atoms with Crippen LogP contribution in [0.15, 0.2) is 12.1 Å². The van der Waals surface area contributed by atoms with Gasteiger partial charge in [0.1, 0.15) is 23.0 Å². The quantitative estimate of drug-likeness (QED) is 0.761. The summed E-state index contributed by atoms with van der Waals surface area (Å²) in [4.78, 5) is 10.2. The molecule has 0 saturated heterocycles. The van der Waals surface area contributed by atoms with Crippen LogP contribution in [0.5, 0.6) is 0 Å². The molecular weight excluding hydrogens is 238 g/mol. The molecule has 66 valence electrons. The van der Waals surface area contributed by atoms with Crippen LogP contribution in [0, 0.1) is 17.5 Å². The predicted octanol–water partition coefficient (Wildman–Crippen LogP) is 1.80. The second kappa shape index (κ2) is 4.37. The molecule has 13 heavy (non-hydrogen) atoms. The van der Waals surface area contributed by atoms with E-state index in [1.807, 2.05) is 0 Å². The van der Waals surface area contributed by atoms with Gasteiger partial charge in [0.05, 0.1) is 0 Å². The molecule has 0 saturated carbocycles. The fraction of sp³-hybridized carbons (Fsp3) is 0. The van der Waals surface area contributed by atoms with E-state index in [1.54, 1.807) is 0 Å². The summed E-state index contributed by atoms with van der Waals surface area (Å²) < 4.78 is 37.2. The molecule has 6 heteroatoms. The summed E-state index contributed by atoms with van der Waals surface area (Å²) in [5.74, 6) is -5.74. The first-order valence-corrected chi connectivity index (χ1v) is 2.90. The predicted molar refractivity (Wildman–Crippen MR) is 33.3 cm³/mol. The van der Waals surface area contributed by atoms with Crippen LogP contribution in [-0.4, -0.2) is 11.1 Å². The molecule has 0 aliphatic heterocycles. The van der Waals surface area contributed by atoms with Crippen LogP contribution in [0.2, 0.25) is 0 Å². The minimum absolute atomic E-state index is 0. The van der Waals surface area contributed by atoms with E-state index in [1.165, 1.54) is 0 Å². The fourth-order valence-electron chi connectivity index (χ4n) is 0.747.